The number of aliphatic carboxylic acids is 1. The maximum Gasteiger partial charge on any atom is 0.303 e. The predicted octanol–water partition coefficient (Wildman–Crippen LogP) is 5.49. The van der Waals surface area contributed by atoms with Crippen LogP contribution in [0.3, 0.4) is 0 Å². The highest BCUT2D eigenvalue weighted by Gasteiger charge is 2.19. The lowest BCUT2D eigenvalue weighted by Crippen LogP contribution is -2.12. The third-order valence-electron chi connectivity index (χ3n) is 4.48. The van der Waals surface area contributed by atoms with Crippen molar-refractivity contribution >= 4 is 17.3 Å². The maximum absolute atomic E-state index is 11.1. The first kappa shape index (κ1) is 20.4. The molecule has 0 aliphatic carbocycles. The molecule has 0 aliphatic rings. The van der Waals surface area contributed by atoms with Gasteiger partial charge in [0.15, 0.2) is 0 Å². The highest BCUT2D eigenvalue weighted by atomic mass is 32.1. The molecule has 0 amide bonds. The summed E-state index contributed by atoms with van der Waals surface area (Å²) in [6, 6.07) is 16.9. The van der Waals surface area contributed by atoms with Crippen LogP contribution >= 0.6 is 11.3 Å². The van der Waals surface area contributed by atoms with Crippen LogP contribution in [-0.2, 0) is 11.4 Å². The SMILES string of the molecule is Cc1ccccc1C(CCC(=O)O)Oc1cc(OCc2ccsc2)ccc1C#N. The normalized spacial score (nSPS) is 11.4. The average molecular weight is 407 g/mol. The summed E-state index contributed by atoms with van der Waals surface area (Å²) in [6.45, 7) is 2.38. The van der Waals surface area contributed by atoms with Crippen LogP contribution in [0, 0.1) is 18.3 Å². The van der Waals surface area contributed by atoms with Crippen molar-refractivity contribution in [1.29, 1.82) is 5.26 Å². The quantitative estimate of drug-likeness (QED) is 0.507. The summed E-state index contributed by atoms with van der Waals surface area (Å²) in [7, 11) is 0. The number of ether oxygens (including phenoxy) is 2. The number of nitrogens with zero attached hydrogens (tertiary/aromatic N) is 1. The van der Waals surface area contributed by atoms with Gasteiger partial charge in [0.2, 0.25) is 0 Å². The number of carbonyl (C=O) groups is 1. The van der Waals surface area contributed by atoms with Crippen LogP contribution in [0.25, 0.3) is 0 Å². The van der Waals surface area contributed by atoms with E-state index in [9.17, 15) is 10.1 Å². The Kier molecular flexibility index (Phi) is 6.88. The van der Waals surface area contributed by atoms with E-state index in [1.807, 2.05) is 48.0 Å². The van der Waals surface area contributed by atoms with Gasteiger partial charge in [-0.25, -0.2) is 0 Å². The Labute approximate surface area is 173 Å². The van der Waals surface area contributed by atoms with Crippen molar-refractivity contribution in [3.63, 3.8) is 0 Å². The van der Waals surface area contributed by atoms with Crippen LogP contribution in [0.4, 0.5) is 0 Å². The first-order valence-corrected chi connectivity index (χ1v) is 10.1. The highest BCUT2D eigenvalue weighted by Crippen LogP contribution is 2.32. The molecule has 0 saturated heterocycles. The van der Waals surface area contributed by atoms with Crippen molar-refractivity contribution in [2.45, 2.75) is 32.5 Å². The van der Waals surface area contributed by atoms with Gasteiger partial charge in [0.1, 0.15) is 30.3 Å². The number of aryl methyl sites for hydroxylation is 1. The zero-order chi connectivity index (χ0) is 20.6. The number of nitriles is 1. The molecule has 29 heavy (non-hydrogen) atoms. The zero-order valence-corrected chi connectivity index (χ0v) is 16.8. The molecule has 2 aromatic carbocycles. The van der Waals surface area contributed by atoms with E-state index in [0.717, 1.165) is 16.7 Å². The molecule has 0 fully saturated rings. The molecule has 5 nitrogen and oxygen atoms in total. The van der Waals surface area contributed by atoms with Crippen LogP contribution in [0.2, 0.25) is 0 Å². The summed E-state index contributed by atoms with van der Waals surface area (Å²) in [4.78, 5) is 11.1. The maximum atomic E-state index is 11.1. The van der Waals surface area contributed by atoms with Crippen LogP contribution in [-0.4, -0.2) is 11.1 Å². The van der Waals surface area contributed by atoms with Gasteiger partial charge in [-0.3, -0.25) is 4.79 Å². The molecule has 1 N–H and O–H groups in total. The number of benzene rings is 2. The van der Waals surface area contributed by atoms with Gasteiger partial charge < -0.3 is 14.6 Å². The van der Waals surface area contributed by atoms with Crippen LogP contribution < -0.4 is 9.47 Å². The second kappa shape index (κ2) is 9.76. The molecule has 0 bridgehead atoms. The van der Waals surface area contributed by atoms with E-state index in [-0.39, 0.29) is 6.42 Å². The minimum Gasteiger partial charge on any atom is -0.489 e. The topological polar surface area (TPSA) is 79.6 Å². The lowest BCUT2D eigenvalue weighted by molar-refractivity contribution is -0.137. The monoisotopic (exact) mass is 407 g/mol. The summed E-state index contributed by atoms with van der Waals surface area (Å²) in [6.07, 6.45) is -0.216. The largest absolute Gasteiger partial charge is 0.489 e. The first-order valence-electron chi connectivity index (χ1n) is 9.19. The van der Waals surface area contributed by atoms with Crippen LogP contribution in [0.15, 0.2) is 59.3 Å². The van der Waals surface area contributed by atoms with E-state index >= 15 is 0 Å². The van der Waals surface area contributed by atoms with E-state index in [4.69, 9.17) is 14.6 Å². The summed E-state index contributed by atoms with van der Waals surface area (Å²) >= 11 is 1.60. The summed E-state index contributed by atoms with van der Waals surface area (Å²) in [5, 5.41) is 22.6. The Morgan fingerprint density at radius 2 is 2.07 bits per heavy atom. The highest BCUT2D eigenvalue weighted by molar-refractivity contribution is 7.07. The van der Waals surface area contributed by atoms with Crippen molar-refractivity contribution < 1.29 is 19.4 Å². The lowest BCUT2D eigenvalue weighted by Gasteiger charge is -2.22. The fraction of sp³-hybridized carbons (Fsp3) is 0.217. The van der Waals surface area contributed by atoms with Gasteiger partial charge in [0.25, 0.3) is 0 Å². The summed E-state index contributed by atoms with van der Waals surface area (Å²) in [5.41, 5.74) is 3.36. The van der Waals surface area contributed by atoms with Gasteiger partial charge in [-0.15, -0.1) is 0 Å². The number of hydrogen-bond acceptors (Lipinski definition) is 5. The van der Waals surface area contributed by atoms with Crippen molar-refractivity contribution in [3.05, 3.63) is 81.5 Å². The molecule has 1 atom stereocenters. The molecule has 6 heteroatoms. The minimum absolute atomic E-state index is 0.0325. The van der Waals surface area contributed by atoms with Crippen molar-refractivity contribution in [2.24, 2.45) is 0 Å². The van der Waals surface area contributed by atoms with Crippen molar-refractivity contribution in [3.8, 4) is 17.6 Å². The van der Waals surface area contributed by atoms with Gasteiger partial charge in [-0.1, -0.05) is 24.3 Å². The fourth-order valence-electron chi connectivity index (χ4n) is 2.96. The van der Waals surface area contributed by atoms with E-state index in [0.29, 0.717) is 30.1 Å². The first-order chi connectivity index (χ1) is 14.1. The van der Waals surface area contributed by atoms with E-state index in [2.05, 4.69) is 6.07 Å². The molecule has 0 radical (unpaired) electrons. The molecule has 0 saturated carbocycles. The van der Waals surface area contributed by atoms with Gasteiger partial charge in [0, 0.05) is 12.5 Å². The zero-order valence-electron chi connectivity index (χ0n) is 16.0. The second-order valence-corrected chi connectivity index (χ2v) is 7.37. The average Bonchev–Trinajstić information content (AvgIpc) is 3.24. The molecule has 3 aromatic rings. The standard InChI is InChI=1S/C23H21NO4S/c1-16-4-2-3-5-20(16)21(8-9-23(25)26)28-22-12-19(7-6-18(22)13-24)27-14-17-10-11-29-15-17/h2-7,10-12,15,21H,8-9,14H2,1H3,(H,25,26). The Morgan fingerprint density at radius 1 is 1.24 bits per heavy atom. The number of rotatable bonds is 9. The lowest BCUT2D eigenvalue weighted by atomic mass is 9.99. The van der Waals surface area contributed by atoms with Crippen LogP contribution in [0.5, 0.6) is 11.5 Å². The molecule has 1 unspecified atom stereocenters. The van der Waals surface area contributed by atoms with Gasteiger partial charge in [-0.05, 0) is 59.0 Å². The third kappa shape index (κ3) is 5.59. The van der Waals surface area contributed by atoms with E-state index in [1.54, 1.807) is 29.5 Å². The predicted molar refractivity (Wildman–Crippen MR) is 111 cm³/mol. The van der Waals surface area contributed by atoms with Gasteiger partial charge >= 0.3 is 5.97 Å². The summed E-state index contributed by atoms with van der Waals surface area (Å²) < 4.78 is 12.0. The van der Waals surface area contributed by atoms with Crippen LogP contribution in [0.1, 0.15) is 41.2 Å². The summed E-state index contributed by atoms with van der Waals surface area (Å²) in [5.74, 6) is 0.0847. The molecule has 1 heterocycles. The van der Waals surface area contributed by atoms with Crippen molar-refractivity contribution in [1.82, 2.24) is 0 Å². The Bertz CT molecular complexity index is 1010. The molecule has 0 spiro atoms. The Morgan fingerprint density at radius 3 is 2.76 bits per heavy atom. The minimum atomic E-state index is -0.888. The number of thiophene rings is 1. The smallest absolute Gasteiger partial charge is 0.303 e. The third-order valence-corrected chi connectivity index (χ3v) is 5.22. The van der Waals surface area contributed by atoms with Crippen molar-refractivity contribution in [2.75, 3.05) is 0 Å². The second-order valence-electron chi connectivity index (χ2n) is 6.59. The van der Waals surface area contributed by atoms with E-state index < -0.39 is 12.1 Å². The van der Waals surface area contributed by atoms with Gasteiger partial charge in [-0.2, -0.15) is 16.6 Å². The Hall–Kier alpha value is -3.30. The molecule has 148 valence electrons. The number of hydrogen-bond donors (Lipinski definition) is 1. The molecule has 3 rings (SSSR count). The molecular formula is C23H21NO4S. The number of carboxylic acid groups (broad SMARTS) is 1. The number of carboxylic acids is 1. The molecule has 0 aliphatic heterocycles. The molecule has 1 aromatic heterocycles. The molecular weight excluding hydrogens is 386 g/mol. The Balaban J connectivity index is 1.85. The van der Waals surface area contributed by atoms with E-state index in [1.165, 1.54) is 0 Å². The fourth-order valence-corrected chi connectivity index (χ4v) is 3.61. The van der Waals surface area contributed by atoms with Gasteiger partial charge in [0.05, 0.1) is 5.56 Å².